The van der Waals surface area contributed by atoms with Crippen molar-refractivity contribution in [3.8, 4) is 11.3 Å². The molecule has 0 spiro atoms. The summed E-state index contributed by atoms with van der Waals surface area (Å²) in [4.78, 5) is 18.3. The lowest BCUT2D eigenvalue weighted by Gasteiger charge is -2.40. The van der Waals surface area contributed by atoms with Crippen LogP contribution in [-0.2, 0) is 21.2 Å². The van der Waals surface area contributed by atoms with Crippen LogP contribution in [0.4, 0.5) is 4.79 Å². The second-order valence-corrected chi connectivity index (χ2v) is 8.77. The number of hydrogen-bond donors (Lipinski definition) is 1. The van der Waals surface area contributed by atoms with Crippen molar-refractivity contribution in [2.24, 2.45) is 0 Å². The average Bonchev–Trinajstić information content (AvgIpc) is 2.68. The molecule has 0 saturated carbocycles. The molecule has 28 heavy (non-hydrogen) atoms. The number of ether oxygens (including phenoxy) is 1. The number of piperidine rings is 1. The van der Waals surface area contributed by atoms with Crippen LogP contribution in [0.1, 0.15) is 18.4 Å². The number of carbonyl (C=O) groups excluding carboxylic acids is 1. The standard InChI is InChI=1S/C20H25N3O4S/c1-27-20(24)23-12-6-10-18(22-28(2,25)26)19(23)14-15-7-5-8-16(13-15)17-9-3-4-11-21-17/h3-5,7-9,11,13,18-19,22H,6,10,12,14H2,1-2H3/t18-,19-/m0/s1. The highest BCUT2D eigenvalue weighted by Gasteiger charge is 2.36. The third-order valence-electron chi connectivity index (χ3n) is 4.89. The van der Waals surface area contributed by atoms with Crippen LogP contribution in [-0.4, -0.2) is 56.4 Å². The van der Waals surface area contributed by atoms with Crippen LogP contribution in [0.15, 0.2) is 48.7 Å². The normalized spacial score (nSPS) is 20.0. The first kappa shape index (κ1) is 20.3. The van der Waals surface area contributed by atoms with Crippen molar-refractivity contribution in [2.75, 3.05) is 19.9 Å². The first-order chi connectivity index (χ1) is 13.4. The molecule has 3 rings (SSSR count). The molecule has 1 fully saturated rings. The molecule has 1 aliphatic rings. The monoisotopic (exact) mass is 403 g/mol. The van der Waals surface area contributed by atoms with E-state index in [1.165, 1.54) is 7.11 Å². The SMILES string of the molecule is COC(=O)N1CCC[C@H](NS(C)(=O)=O)[C@@H]1Cc1cccc(-c2ccccn2)c1. The molecule has 8 heteroatoms. The lowest BCUT2D eigenvalue weighted by molar-refractivity contribution is 0.0792. The number of rotatable bonds is 5. The number of amides is 1. The molecule has 0 bridgehead atoms. The highest BCUT2D eigenvalue weighted by molar-refractivity contribution is 7.88. The number of nitrogens with zero attached hydrogens (tertiary/aromatic N) is 2. The molecule has 2 aromatic rings. The fourth-order valence-electron chi connectivity index (χ4n) is 3.70. The predicted molar refractivity (Wildman–Crippen MR) is 107 cm³/mol. The van der Waals surface area contributed by atoms with E-state index in [1.807, 2.05) is 42.5 Å². The maximum atomic E-state index is 12.3. The molecule has 0 unspecified atom stereocenters. The summed E-state index contributed by atoms with van der Waals surface area (Å²) < 4.78 is 31.3. The Balaban J connectivity index is 1.89. The van der Waals surface area contributed by atoms with E-state index in [-0.39, 0.29) is 12.1 Å². The van der Waals surface area contributed by atoms with Crippen molar-refractivity contribution in [2.45, 2.75) is 31.3 Å². The van der Waals surface area contributed by atoms with E-state index in [9.17, 15) is 13.2 Å². The number of aromatic nitrogens is 1. The Morgan fingerprint density at radius 2 is 2.11 bits per heavy atom. The van der Waals surface area contributed by atoms with E-state index in [2.05, 4.69) is 9.71 Å². The number of carbonyl (C=O) groups is 1. The van der Waals surface area contributed by atoms with Crippen LogP contribution in [0.25, 0.3) is 11.3 Å². The van der Waals surface area contributed by atoms with Crippen molar-refractivity contribution >= 4 is 16.1 Å². The molecule has 0 aliphatic carbocycles. The van der Waals surface area contributed by atoms with E-state index in [0.717, 1.165) is 23.1 Å². The second-order valence-electron chi connectivity index (χ2n) is 6.99. The molecular weight excluding hydrogens is 378 g/mol. The third kappa shape index (κ3) is 5.08. The molecule has 1 aromatic carbocycles. The fourth-order valence-corrected chi connectivity index (χ4v) is 4.52. The van der Waals surface area contributed by atoms with Gasteiger partial charge in [0.2, 0.25) is 10.0 Å². The number of nitrogens with one attached hydrogen (secondary N) is 1. The zero-order valence-corrected chi connectivity index (χ0v) is 16.9. The Morgan fingerprint density at radius 1 is 1.29 bits per heavy atom. The molecule has 2 heterocycles. The van der Waals surface area contributed by atoms with Crippen LogP contribution in [0.2, 0.25) is 0 Å². The summed E-state index contributed by atoms with van der Waals surface area (Å²) in [6.07, 6.45) is 4.35. The number of sulfonamides is 1. The van der Waals surface area contributed by atoms with Gasteiger partial charge in [-0.15, -0.1) is 0 Å². The summed E-state index contributed by atoms with van der Waals surface area (Å²) in [6.45, 7) is 0.541. The van der Waals surface area contributed by atoms with Crippen LogP contribution in [0.3, 0.4) is 0 Å². The molecule has 1 N–H and O–H groups in total. The Morgan fingerprint density at radius 3 is 2.79 bits per heavy atom. The van der Waals surface area contributed by atoms with Gasteiger partial charge in [0, 0.05) is 24.3 Å². The van der Waals surface area contributed by atoms with E-state index in [4.69, 9.17) is 4.74 Å². The summed E-state index contributed by atoms with van der Waals surface area (Å²) in [5.74, 6) is 0. The number of benzene rings is 1. The van der Waals surface area contributed by atoms with Gasteiger partial charge in [0.25, 0.3) is 0 Å². The van der Waals surface area contributed by atoms with Crippen molar-refractivity contribution in [3.63, 3.8) is 0 Å². The molecule has 1 saturated heterocycles. The second kappa shape index (κ2) is 8.70. The third-order valence-corrected chi connectivity index (χ3v) is 5.62. The summed E-state index contributed by atoms with van der Waals surface area (Å²) in [5, 5.41) is 0. The van der Waals surface area contributed by atoms with Gasteiger partial charge in [0.05, 0.1) is 25.1 Å². The van der Waals surface area contributed by atoms with Crippen LogP contribution in [0, 0.1) is 0 Å². The lowest BCUT2D eigenvalue weighted by Crippen LogP contribution is -2.57. The first-order valence-corrected chi connectivity index (χ1v) is 11.1. The Bertz CT molecular complexity index is 918. The Hall–Kier alpha value is -2.45. The first-order valence-electron chi connectivity index (χ1n) is 9.19. The number of methoxy groups -OCH3 is 1. The van der Waals surface area contributed by atoms with Crippen molar-refractivity contribution in [1.82, 2.24) is 14.6 Å². The molecule has 1 aromatic heterocycles. The largest absolute Gasteiger partial charge is 0.453 e. The number of hydrogen-bond acceptors (Lipinski definition) is 5. The topological polar surface area (TPSA) is 88.6 Å². The molecule has 150 valence electrons. The minimum atomic E-state index is -3.39. The van der Waals surface area contributed by atoms with Gasteiger partial charge in [0.15, 0.2) is 0 Å². The maximum absolute atomic E-state index is 12.3. The Kier molecular flexibility index (Phi) is 6.31. The van der Waals surface area contributed by atoms with Crippen molar-refractivity contribution in [3.05, 3.63) is 54.2 Å². The lowest BCUT2D eigenvalue weighted by atomic mass is 9.91. The van der Waals surface area contributed by atoms with Crippen LogP contribution >= 0.6 is 0 Å². The molecular formula is C20H25N3O4S. The van der Waals surface area contributed by atoms with E-state index in [0.29, 0.717) is 25.8 Å². The van der Waals surface area contributed by atoms with Crippen LogP contribution < -0.4 is 4.72 Å². The zero-order chi connectivity index (χ0) is 20.1. The number of pyridine rings is 1. The fraction of sp³-hybridized carbons (Fsp3) is 0.400. The van der Waals surface area contributed by atoms with Gasteiger partial charge in [-0.05, 0) is 43.0 Å². The predicted octanol–water partition coefficient (Wildman–Crippen LogP) is 2.44. The highest BCUT2D eigenvalue weighted by Crippen LogP contribution is 2.25. The molecule has 1 aliphatic heterocycles. The van der Waals surface area contributed by atoms with E-state index >= 15 is 0 Å². The highest BCUT2D eigenvalue weighted by atomic mass is 32.2. The minimum Gasteiger partial charge on any atom is -0.453 e. The summed E-state index contributed by atoms with van der Waals surface area (Å²) in [7, 11) is -2.05. The van der Waals surface area contributed by atoms with Gasteiger partial charge in [-0.2, -0.15) is 0 Å². The summed E-state index contributed by atoms with van der Waals surface area (Å²) in [6, 6.07) is 13.0. The molecule has 0 radical (unpaired) electrons. The van der Waals surface area contributed by atoms with Gasteiger partial charge < -0.3 is 9.64 Å². The minimum absolute atomic E-state index is 0.324. The van der Waals surface area contributed by atoms with E-state index < -0.39 is 16.1 Å². The molecule has 7 nitrogen and oxygen atoms in total. The van der Waals surface area contributed by atoms with Gasteiger partial charge in [-0.1, -0.05) is 24.3 Å². The molecule has 1 amide bonds. The Labute approximate surface area is 165 Å². The van der Waals surface area contributed by atoms with E-state index in [1.54, 1.807) is 11.1 Å². The summed E-state index contributed by atoms with van der Waals surface area (Å²) >= 11 is 0. The molecule has 2 atom stereocenters. The maximum Gasteiger partial charge on any atom is 0.409 e. The number of likely N-dealkylation sites (tertiary alicyclic amines) is 1. The van der Waals surface area contributed by atoms with Gasteiger partial charge >= 0.3 is 6.09 Å². The summed E-state index contributed by atoms with van der Waals surface area (Å²) in [5.41, 5.74) is 2.85. The van der Waals surface area contributed by atoms with Gasteiger partial charge in [-0.25, -0.2) is 17.9 Å². The van der Waals surface area contributed by atoms with Gasteiger partial charge in [0.1, 0.15) is 0 Å². The van der Waals surface area contributed by atoms with Gasteiger partial charge in [-0.3, -0.25) is 4.98 Å². The smallest absolute Gasteiger partial charge is 0.409 e. The average molecular weight is 404 g/mol. The van der Waals surface area contributed by atoms with Crippen molar-refractivity contribution < 1.29 is 17.9 Å². The van der Waals surface area contributed by atoms with Crippen molar-refractivity contribution in [1.29, 1.82) is 0 Å². The zero-order valence-electron chi connectivity index (χ0n) is 16.0. The van der Waals surface area contributed by atoms with Crippen LogP contribution in [0.5, 0.6) is 0 Å². The quantitative estimate of drug-likeness (QED) is 0.828.